The summed E-state index contributed by atoms with van der Waals surface area (Å²) >= 11 is 0. The molecule has 2 aromatic rings. The van der Waals surface area contributed by atoms with E-state index in [9.17, 15) is 29.4 Å². The maximum Gasteiger partial charge on any atom is 0.436 e. The van der Waals surface area contributed by atoms with Gasteiger partial charge in [-0.3, -0.25) is 19.2 Å². The topological polar surface area (TPSA) is 149 Å². The lowest BCUT2D eigenvalue weighted by atomic mass is 9.94. The third-order valence-electron chi connectivity index (χ3n) is 9.13. The van der Waals surface area contributed by atoms with Gasteiger partial charge < -0.3 is 30.1 Å². The van der Waals surface area contributed by atoms with Gasteiger partial charge in [0.1, 0.15) is 23.6 Å². The Morgan fingerprint density at radius 3 is 2.14 bits per heavy atom. The van der Waals surface area contributed by atoms with Gasteiger partial charge in [-0.05, 0) is 72.9 Å². The van der Waals surface area contributed by atoms with E-state index in [0.29, 0.717) is 30.9 Å². The van der Waals surface area contributed by atoms with Crippen LogP contribution in [-0.4, -0.2) is 92.9 Å². The standard InChI is InChI=1S/C38H54N4O8/c1-6-7-8-20-49-38(48)42-34-24-40(31(22-27-11-15-29(43)16-12-27)35(45)39-19-9-10-25(2)3)36(46)32(23-28-13-17-30(44)18-14-28)41(34)37(47)33(50-42)21-26(4)5/h11-18,25-26,31-34,43-44H,6-10,19-24H2,1-5H3,(H,39,45)/t31-,32-,33+,34?/m0/s1. The molecule has 0 bridgehead atoms. The highest BCUT2D eigenvalue weighted by Crippen LogP contribution is 2.33. The molecule has 2 saturated heterocycles. The van der Waals surface area contributed by atoms with E-state index in [1.807, 2.05) is 20.8 Å². The van der Waals surface area contributed by atoms with Crippen molar-refractivity contribution in [1.82, 2.24) is 20.2 Å². The van der Waals surface area contributed by atoms with Gasteiger partial charge in [0, 0.05) is 19.4 Å². The molecule has 0 aliphatic carbocycles. The monoisotopic (exact) mass is 694 g/mol. The molecule has 0 aromatic heterocycles. The van der Waals surface area contributed by atoms with Gasteiger partial charge in [0.15, 0.2) is 12.3 Å². The predicted octanol–water partition coefficient (Wildman–Crippen LogP) is 5.16. The smallest absolute Gasteiger partial charge is 0.436 e. The Hall–Kier alpha value is -4.32. The lowest BCUT2D eigenvalue weighted by Crippen LogP contribution is -2.75. The second-order valence-corrected chi connectivity index (χ2v) is 14.2. The molecule has 4 atom stereocenters. The number of rotatable bonds is 16. The van der Waals surface area contributed by atoms with E-state index in [2.05, 4.69) is 19.2 Å². The van der Waals surface area contributed by atoms with Gasteiger partial charge in [-0.1, -0.05) is 71.7 Å². The Balaban J connectivity index is 1.76. The Morgan fingerprint density at radius 2 is 1.54 bits per heavy atom. The van der Waals surface area contributed by atoms with Crippen molar-refractivity contribution < 1.29 is 39.0 Å². The zero-order valence-corrected chi connectivity index (χ0v) is 30.0. The zero-order chi connectivity index (χ0) is 36.4. The number of phenolic OH excluding ortho intramolecular Hbond substituents is 2. The van der Waals surface area contributed by atoms with Gasteiger partial charge >= 0.3 is 6.09 Å². The molecule has 12 nitrogen and oxygen atoms in total. The molecule has 2 fully saturated rings. The Labute approximate surface area is 295 Å². The van der Waals surface area contributed by atoms with E-state index in [-0.39, 0.29) is 49.3 Å². The minimum absolute atomic E-state index is 0.0459. The molecule has 0 saturated carbocycles. The third-order valence-corrected chi connectivity index (χ3v) is 9.13. The van der Waals surface area contributed by atoms with Gasteiger partial charge in [0.2, 0.25) is 11.8 Å². The first-order chi connectivity index (χ1) is 23.9. The summed E-state index contributed by atoms with van der Waals surface area (Å²) < 4.78 is 5.64. The van der Waals surface area contributed by atoms with Gasteiger partial charge in [-0.2, -0.15) is 5.06 Å². The molecule has 2 heterocycles. The van der Waals surface area contributed by atoms with E-state index in [0.717, 1.165) is 36.3 Å². The van der Waals surface area contributed by atoms with Crippen LogP contribution >= 0.6 is 0 Å². The van der Waals surface area contributed by atoms with Crippen molar-refractivity contribution in [3.05, 3.63) is 59.7 Å². The Kier molecular flexibility index (Phi) is 13.9. The molecule has 1 unspecified atom stereocenters. The number of ether oxygens (including phenoxy) is 1. The minimum Gasteiger partial charge on any atom is -0.508 e. The predicted molar refractivity (Wildman–Crippen MR) is 188 cm³/mol. The molecule has 0 spiro atoms. The molecular weight excluding hydrogens is 640 g/mol. The van der Waals surface area contributed by atoms with Crippen LogP contribution < -0.4 is 5.32 Å². The van der Waals surface area contributed by atoms with Crippen LogP contribution in [-0.2, 0) is 36.8 Å². The summed E-state index contributed by atoms with van der Waals surface area (Å²) in [4.78, 5) is 65.7. The number of hydrogen-bond acceptors (Lipinski definition) is 8. The van der Waals surface area contributed by atoms with Crippen LogP contribution in [0.5, 0.6) is 11.5 Å². The number of hydrogen-bond donors (Lipinski definition) is 3. The summed E-state index contributed by atoms with van der Waals surface area (Å²) in [5.74, 6) is -0.571. The van der Waals surface area contributed by atoms with Crippen LogP contribution in [0.3, 0.4) is 0 Å². The second kappa shape index (κ2) is 18.1. The molecule has 12 heteroatoms. The molecule has 2 aliphatic heterocycles. The van der Waals surface area contributed by atoms with Crippen LogP contribution in [0.2, 0.25) is 0 Å². The van der Waals surface area contributed by atoms with Crippen molar-refractivity contribution in [2.45, 2.75) is 110 Å². The fourth-order valence-electron chi connectivity index (χ4n) is 6.45. The van der Waals surface area contributed by atoms with Gasteiger partial charge in [-0.25, -0.2) is 4.79 Å². The second-order valence-electron chi connectivity index (χ2n) is 14.2. The largest absolute Gasteiger partial charge is 0.508 e. The number of nitrogens with zero attached hydrogens (tertiary/aromatic N) is 3. The summed E-state index contributed by atoms with van der Waals surface area (Å²) in [7, 11) is 0. The van der Waals surface area contributed by atoms with Crippen molar-refractivity contribution in [1.29, 1.82) is 0 Å². The molecule has 3 N–H and O–H groups in total. The van der Waals surface area contributed by atoms with Gasteiger partial charge in [0.25, 0.3) is 5.91 Å². The number of amides is 4. The highest BCUT2D eigenvalue weighted by molar-refractivity contribution is 5.95. The molecule has 4 rings (SSSR count). The van der Waals surface area contributed by atoms with Crippen molar-refractivity contribution in [2.75, 3.05) is 19.7 Å². The molecule has 0 radical (unpaired) electrons. The summed E-state index contributed by atoms with van der Waals surface area (Å²) in [5.41, 5.74) is 1.40. The first kappa shape index (κ1) is 38.5. The molecule has 274 valence electrons. The average Bonchev–Trinajstić information content (AvgIpc) is 3.07. The number of piperazine rings is 1. The quantitative estimate of drug-likeness (QED) is 0.204. The average molecular weight is 695 g/mol. The SMILES string of the molecule is CCCCCOC(=O)N1O[C@H](CC(C)C)C(=O)N2C1CN([C@@H](Cc1ccc(O)cc1)C(=O)NCCCC(C)C)C(=O)[C@@H]2Cc1ccc(O)cc1. The number of carbonyl (C=O) groups excluding carboxylic acids is 4. The fraction of sp³-hybridized carbons (Fsp3) is 0.579. The first-order valence-electron chi connectivity index (χ1n) is 18.0. The van der Waals surface area contributed by atoms with Gasteiger partial charge in [-0.15, -0.1) is 0 Å². The highest BCUT2D eigenvalue weighted by Gasteiger charge is 2.55. The molecule has 2 aliphatic rings. The first-order valence-corrected chi connectivity index (χ1v) is 18.0. The number of benzene rings is 2. The number of nitrogens with one attached hydrogen (secondary N) is 1. The van der Waals surface area contributed by atoms with E-state index in [1.165, 1.54) is 34.1 Å². The number of hydroxylamine groups is 2. The normalized spacial score (nSPS) is 19.9. The lowest BCUT2D eigenvalue weighted by molar-refractivity contribution is -0.269. The van der Waals surface area contributed by atoms with Crippen molar-refractivity contribution in [3.8, 4) is 11.5 Å². The van der Waals surface area contributed by atoms with Crippen molar-refractivity contribution in [2.24, 2.45) is 11.8 Å². The number of unbranched alkanes of at least 4 members (excludes halogenated alkanes) is 2. The molecule has 50 heavy (non-hydrogen) atoms. The van der Waals surface area contributed by atoms with Crippen molar-refractivity contribution >= 4 is 23.8 Å². The number of fused-ring (bicyclic) bond motifs is 1. The van der Waals surface area contributed by atoms with Crippen LogP contribution in [0, 0.1) is 11.8 Å². The summed E-state index contributed by atoms with van der Waals surface area (Å²) in [6.07, 6.45) is 1.84. The van der Waals surface area contributed by atoms with Gasteiger partial charge in [0.05, 0.1) is 13.2 Å². The van der Waals surface area contributed by atoms with Crippen LogP contribution in [0.1, 0.15) is 84.3 Å². The summed E-state index contributed by atoms with van der Waals surface area (Å²) in [5, 5.41) is 24.0. The van der Waals surface area contributed by atoms with E-state index < -0.39 is 42.3 Å². The Bertz CT molecular complexity index is 1430. The molecular formula is C38H54N4O8. The van der Waals surface area contributed by atoms with Crippen LogP contribution in [0.4, 0.5) is 4.79 Å². The van der Waals surface area contributed by atoms with Crippen LogP contribution in [0.15, 0.2) is 48.5 Å². The van der Waals surface area contributed by atoms with E-state index >= 15 is 0 Å². The highest BCUT2D eigenvalue weighted by atomic mass is 16.7. The third kappa shape index (κ3) is 10.1. The molecule has 2 aromatic carbocycles. The summed E-state index contributed by atoms with van der Waals surface area (Å²) in [6.45, 7) is 10.6. The number of phenols is 2. The fourth-order valence-corrected chi connectivity index (χ4v) is 6.45. The minimum atomic E-state index is -1.09. The maximum atomic E-state index is 14.7. The van der Waals surface area contributed by atoms with Crippen LogP contribution in [0.25, 0.3) is 0 Å². The van der Waals surface area contributed by atoms with E-state index in [4.69, 9.17) is 9.57 Å². The van der Waals surface area contributed by atoms with Crippen molar-refractivity contribution in [3.63, 3.8) is 0 Å². The molecule has 4 amide bonds. The summed E-state index contributed by atoms with van der Waals surface area (Å²) in [6, 6.07) is 10.8. The zero-order valence-electron chi connectivity index (χ0n) is 30.0. The Morgan fingerprint density at radius 1 is 0.900 bits per heavy atom. The number of aromatic hydroxyl groups is 2. The lowest BCUT2D eigenvalue weighted by Gasteiger charge is -2.53. The van der Waals surface area contributed by atoms with E-state index in [1.54, 1.807) is 24.3 Å². The number of carbonyl (C=O) groups is 4. The maximum absolute atomic E-state index is 14.7.